The van der Waals surface area contributed by atoms with Gasteiger partial charge in [-0.15, -0.1) is 0 Å². The van der Waals surface area contributed by atoms with Crippen LogP contribution in [0.1, 0.15) is 46.1 Å². The Kier molecular flexibility index (Phi) is 5.88. The van der Waals surface area contributed by atoms with E-state index < -0.39 is 0 Å². The zero-order chi connectivity index (χ0) is 15.4. The van der Waals surface area contributed by atoms with Crippen LogP contribution in [0, 0.1) is 11.8 Å². The molecular weight excluding hydrogens is 282 g/mol. The van der Waals surface area contributed by atoms with Crippen molar-refractivity contribution in [1.29, 1.82) is 0 Å². The van der Waals surface area contributed by atoms with E-state index in [0.29, 0.717) is 12.0 Å². The first kappa shape index (κ1) is 16.6. The molecule has 1 aromatic rings. The summed E-state index contributed by atoms with van der Waals surface area (Å²) in [5.41, 5.74) is 1.14. The minimum absolute atomic E-state index is 0.468. The van der Waals surface area contributed by atoms with Crippen molar-refractivity contribution in [2.45, 2.75) is 53.1 Å². The first-order chi connectivity index (χ1) is 9.97. The fourth-order valence-corrected chi connectivity index (χ4v) is 2.57. The van der Waals surface area contributed by atoms with Gasteiger partial charge in [0.25, 0.3) is 0 Å². The second-order valence-electron chi connectivity index (χ2n) is 6.85. The normalized spacial score (nSPS) is 15.0. The van der Waals surface area contributed by atoms with Crippen LogP contribution < -0.4 is 10.2 Å². The first-order valence-electron chi connectivity index (χ1n) is 8.09. The molecule has 1 saturated carbocycles. The summed E-state index contributed by atoms with van der Waals surface area (Å²) < 4.78 is 0. The minimum atomic E-state index is 0.468. The maximum atomic E-state index is 6.29. The van der Waals surface area contributed by atoms with E-state index >= 15 is 0 Å². The molecule has 118 valence electrons. The molecule has 0 aliphatic heterocycles. The van der Waals surface area contributed by atoms with E-state index in [2.05, 4.69) is 49.0 Å². The number of hydrogen-bond acceptors (Lipinski definition) is 3. The number of rotatable bonds is 8. The molecule has 0 unspecified atom stereocenters. The fraction of sp³-hybridized carbons (Fsp3) is 0.706. The second-order valence-corrected chi connectivity index (χ2v) is 7.26. The summed E-state index contributed by atoms with van der Waals surface area (Å²) in [5, 5.41) is 4.21. The number of nitrogens with zero attached hydrogens (tertiary/aromatic N) is 2. The summed E-state index contributed by atoms with van der Waals surface area (Å²) in [4.78, 5) is 6.95. The van der Waals surface area contributed by atoms with Gasteiger partial charge in [0.2, 0.25) is 0 Å². The molecule has 0 radical (unpaired) electrons. The average Bonchev–Trinajstić information content (AvgIpc) is 3.22. The van der Waals surface area contributed by atoms with Crippen molar-refractivity contribution in [2.75, 3.05) is 18.0 Å². The Morgan fingerprint density at radius 1 is 1.33 bits per heavy atom. The van der Waals surface area contributed by atoms with Crippen LogP contribution in [0.5, 0.6) is 0 Å². The topological polar surface area (TPSA) is 28.2 Å². The Labute approximate surface area is 134 Å². The third-order valence-electron chi connectivity index (χ3n) is 3.86. The van der Waals surface area contributed by atoms with E-state index in [4.69, 9.17) is 11.6 Å². The van der Waals surface area contributed by atoms with Crippen molar-refractivity contribution in [3.05, 3.63) is 22.8 Å². The highest BCUT2D eigenvalue weighted by molar-refractivity contribution is 6.31. The quantitative estimate of drug-likeness (QED) is 0.783. The molecule has 0 spiro atoms. The number of anilines is 1. The largest absolute Gasteiger partial charge is 0.354 e. The number of hydrogen-bond donors (Lipinski definition) is 1. The highest BCUT2D eigenvalue weighted by Crippen LogP contribution is 2.32. The molecule has 0 amide bonds. The van der Waals surface area contributed by atoms with Gasteiger partial charge in [-0.25, -0.2) is 4.98 Å². The van der Waals surface area contributed by atoms with E-state index in [-0.39, 0.29) is 0 Å². The van der Waals surface area contributed by atoms with E-state index in [1.165, 1.54) is 12.8 Å². The van der Waals surface area contributed by atoms with Gasteiger partial charge in [0, 0.05) is 25.3 Å². The molecule has 0 aromatic carbocycles. The summed E-state index contributed by atoms with van der Waals surface area (Å²) in [7, 11) is 0. The summed E-state index contributed by atoms with van der Waals surface area (Å²) in [6, 6.07) is 2.62. The van der Waals surface area contributed by atoms with Crippen LogP contribution in [0.3, 0.4) is 0 Å². The van der Waals surface area contributed by atoms with Gasteiger partial charge >= 0.3 is 0 Å². The van der Waals surface area contributed by atoms with Crippen LogP contribution >= 0.6 is 11.6 Å². The van der Waals surface area contributed by atoms with Crippen molar-refractivity contribution in [2.24, 2.45) is 11.8 Å². The lowest BCUT2D eigenvalue weighted by Gasteiger charge is -2.28. The molecule has 0 bridgehead atoms. The fourth-order valence-electron chi connectivity index (χ4n) is 2.40. The predicted molar refractivity (Wildman–Crippen MR) is 91.0 cm³/mol. The SMILES string of the molecule is CC(C)CNCc1cc(N(CC2CC2)C(C)C)ncc1Cl. The van der Waals surface area contributed by atoms with Crippen molar-refractivity contribution in [3.8, 4) is 0 Å². The number of aromatic nitrogens is 1. The zero-order valence-corrected chi connectivity index (χ0v) is 14.5. The molecule has 0 atom stereocenters. The molecule has 1 aliphatic rings. The maximum absolute atomic E-state index is 6.29. The molecule has 4 heteroatoms. The minimum Gasteiger partial charge on any atom is -0.354 e. The Morgan fingerprint density at radius 2 is 2.05 bits per heavy atom. The zero-order valence-electron chi connectivity index (χ0n) is 13.7. The summed E-state index contributed by atoms with van der Waals surface area (Å²) in [6.45, 7) is 11.8. The van der Waals surface area contributed by atoms with Gasteiger partial charge in [-0.2, -0.15) is 0 Å². The van der Waals surface area contributed by atoms with Crippen molar-refractivity contribution >= 4 is 17.4 Å². The van der Waals surface area contributed by atoms with E-state index in [0.717, 1.165) is 42.0 Å². The molecule has 1 N–H and O–H groups in total. The average molecular weight is 310 g/mol. The summed E-state index contributed by atoms with van der Waals surface area (Å²) in [5.74, 6) is 2.56. The van der Waals surface area contributed by atoms with Crippen LogP contribution in [-0.4, -0.2) is 24.1 Å². The van der Waals surface area contributed by atoms with Crippen LogP contribution in [0.2, 0.25) is 5.02 Å². The van der Waals surface area contributed by atoms with Crippen LogP contribution in [0.15, 0.2) is 12.3 Å². The molecule has 1 aliphatic carbocycles. The van der Waals surface area contributed by atoms with Crippen LogP contribution in [-0.2, 0) is 6.54 Å². The smallest absolute Gasteiger partial charge is 0.129 e. The molecular formula is C17H28ClN3. The standard InChI is InChI=1S/C17H28ClN3/c1-12(2)8-19-9-15-7-17(20-10-16(15)18)21(13(3)4)11-14-5-6-14/h7,10,12-14,19H,5-6,8-9,11H2,1-4H3. The monoisotopic (exact) mass is 309 g/mol. The number of nitrogens with one attached hydrogen (secondary N) is 1. The molecule has 3 nitrogen and oxygen atoms in total. The van der Waals surface area contributed by atoms with E-state index in [9.17, 15) is 0 Å². The Balaban J connectivity index is 2.07. The Hall–Kier alpha value is -0.800. The lowest BCUT2D eigenvalue weighted by atomic mass is 10.2. The molecule has 1 aromatic heterocycles. The Morgan fingerprint density at radius 3 is 2.62 bits per heavy atom. The Bertz CT molecular complexity index is 455. The van der Waals surface area contributed by atoms with Crippen molar-refractivity contribution in [1.82, 2.24) is 10.3 Å². The lowest BCUT2D eigenvalue weighted by Crippen LogP contribution is -2.33. The first-order valence-corrected chi connectivity index (χ1v) is 8.47. The van der Waals surface area contributed by atoms with Gasteiger partial charge in [-0.1, -0.05) is 25.4 Å². The van der Waals surface area contributed by atoms with Crippen molar-refractivity contribution < 1.29 is 0 Å². The van der Waals surface area contributed by atoms with Gasteiger partial charge < -0.3 is 10.2 Å². The van der Waals surface area contributed by atoms with Gasteiger partial charge in [-0.05, 0) is 56.7 Å². The number of pyridine rings is 1. The molecule has 1 fully saturated rings. The molecule has 0 saturated heterocycles. The molecule has 2 rings (SSSR count). The van der Waals surface area contributed by atoms with Crippen LogP contribution in [0.4, 0.5) is 5.82 Å². The van der Waals surface area contributed by atoms with E-state index in [1.54, 1.807) is 6.20 Å². The third-order valence-corrected chi connectivity index (χ3v) is 4.20. The van der Waals surface area contributed by atoms with Gasteiger partial charge in [0.1, 0.15) is 5.82 Å². The van der Waals surface area contributed by atoms with E-state index in [1.807, 2.05) is 0 Å². The van der Waals surface area contributed by atoms with Crippen LogP contribution in [0.25, 0.3) is 0 Å². The molecule has 21 heavy (non-hydrogen) atoms. The highest BCUT2D eigenvalue weighted by atomic mass is 35.5. The predicted octanol–water partition coefficient (Wildman–Crippen LogP) is 4.11. The maximum Gasteiger partial charge on any atom is 0.129 e. The molecule has 1 heterocycles. The summed E-state index contributed by atoms with van der Waals surface area (Å²) in [6.07, 6.45) is 4.52. The second kappa shape index (κ2) is 7.46. The third kappa shape index (κ3) is 5.15. The van der Waals surface area contributed by atoms with Gasteiger partial charge in [0.05, 0.1) is 5.02 Å². The lowest BCUT2D eigenvalue weighted by molar-refractivity contribution is 0.552. The number of halogens is 1. The van der Waals surface area contributed by atoms with Crippen molar-refractivity contribution in [3.63, 3.8) is 0 Å². The summed E-state index contributed by atoms with van der Waals surface area (Å²) >= 11 is 6.29. The van der Waals surface area contributed by atoms with Gasteiger partial charge in [-0.3, -0.25) is 0 Å². The highest BCUT2D eigenvalue weighted by Gasteiger charge is 2.26. The van der Waals surface area contributed by atoms with Gasteiger partial charge in [0.15, 0.2) is 0 Å².